The molecule has 0 aromatic heterocycles. The number of carbonyl (C=O) groups is 1. The van der Waals surface area contributed by atoms with E-state index in [1.165, 1.54) is 18.2 Å². The maximum atomic E-state index is 13.0. The quantitative estimate of drug-likeness (QED) is 0.834. The van der Waals surface area contributed by atoms with Crippen molar-refractivity contribution in [3.8, 4) is 0 Å². The van der Waals surface area contributed by atoms with Crippen LogP contribution in [0, 0.1) is 11.2 Å². The van der Waals surface area contributed by atoms with E-state index in [0.717, 1.165) is 6.54 Å². The predicted octanol–water partition coefficient (Wildman–Crippen LogP) is 2.71. The lowest BCUT2D eigenvalue weighted by Gasteiger charge is -2.30. The molecule has 0 saturated carbocycles. The van der Waals surface area contributed by atoms with E-state index in [-0.39, 0.29) is 23.1 Å². The molecule has 0 heterocycles. The second-order valence-corrected chi connectivity index (χ2v) is 6.37. The molecule has 1 unspecified atom stereocenters. The number of hydrogen-bond acceptors (Lipinski definition) is 3. The minimum Gasteiger partial charge on any atom is -0.397 e. The van der Waals surface area contributed by atoms with Gasteiger partial charge in [0.25, 0.3) is 0 Å². The van der Waals surface area contributed by atoms with E-state index < -0.39 is 5.82 Å². The molecule has 0 spiro atoms. The summed E-state index contributed by atoms with van der Waals surface area (Å²) in [7, 11) is 1.91. The molecule has 5 heteroatoms. The molecular weight excluding hydrogens is 257 g/mol. The summed E-state index contributed by atoms with van der Waals surface area (Å²) in [5.41, 5.74) is 6.45. The van der Waals surface area contributed by atoms with Crippen molar-refractivity contribution in [2.75, 3.05) is 24.6 Å². The van der Waals surface area contributed by atoms with Crippen LogP contribution in [-0.2, 0) is 4.79 Å². The fourth-order valence-corrected chi connectivity index (χ4v) is 1.97. The van der Waals surface area contributed by atoms with Gasteiger partial charge in [0.05, 0.1) is 17.4 Å². The average Bonchev–Trinajstić information content (AvgIpc) is 2.29. The van der Waals surface area contributed by atoms with Crippen LogP contribution < -0.4 is 11.1 Å². The van der Waals surface area contributed by atoms with Crippen molar-refractivity contribution < 1.29 is 9.18 Å². The van der Waals surface area contributed by atoms with Gasteiger partial charge in [0.2, 0.25) is 5.91 Å². The molecule has 0 aliphatic heterocycles. The van der Waals surface area contributed by atoms with Gasteiger partial charge in [-0.2, -0.15) is 0 Å². The Morgan fingerprint density at radius 2 is 2.05 bits per heavy atom. The highest BCUT2D eigenvalue weighted by atomic mass is 19.1. The smallest absolute Gasteiger partial charge is 0.241 e. The Morgan fingerprint density at radius 3 is 2.55 bits per heavy atom. The number of rotatable bonds is 4. The highest BCUT2D eigenvalue weighted by Gasteiger charge is 2.23. The molecule has 1 rings (SSSR count). The monoisotopic (exact) mass is 281 g/mol. The maximum Gasteiger partial charge on any atom is 0.241 e. The van der Waals surface area contributed by atoms with Crippen molar-refractivity contribution in [1.82, 2.24) is 4.90 Å². The van der Waals surface area contributed by atoms with Gasteiger partial charge in [-0.25, -0.2) is 4.39 Å². The van der Waals surface area contributed by atoms with E-state index in [4.69, 9.17) is 5.73 Å². The van der Waals surface area contributed by atoms with E-state index in [0.29, 0.717) is 5.69 Å². The summed E-state index contributed by atoms with van der Waals surface area (Å²) in [6, 6.07) is 3.65. The molecule has 1 amide bonds. The Hall–Kier alpha value is -1.62. The molecule has 0 aliphatic rings. The first-order valence-electron chi connectivity index (χ1n) is 6.66. The Bertz CT molecular complexity index is 482. The summed E-state index contributed by atoms with van der Waals surface area (Å²) in [4.78, 5) is 14.2. The number of carbonyl (C=O) groups excluding carboxylic acids is 1. The zero-order valence-corrected chi connectivity index (χ0v) is 12.8. The third-order valence-corrected chi connectivity index (χ3v) is 3.04. The highest BCUT2D eigenvalue weighted by molar-refractivity contribution is 5.97. The van der Waals surface area contributed by atoms with Crippen molar-refractivity contribution in [3.05, 3.63) is 24.0 Å². The van der Waals surface area contributed by atoms with Crippen LogP contribution in [0.2, 0.25) is 0 Å². The van der Waals surface area contributed by atoms with Crippen LogP contribution in [0.4, 0.5) is 15.8 Å². The second-order valence-electron chi connectivity index (χ2n) is 6.37. The van der Waals surface area contributed by atoms with Gasteiger partial charge < -0.3 is 11.1 Å². The fourth-order valence-electron chi connectivity index (χ4n) is 1.97. The van der Waals surface area contributed by atoms with Crippen LogP contribution in [0.1, 0.15) is 27.7 Å². The number of amides is 1. The number of nitrogens with two attached hydrogens (primary N) is 1. The summed E-state index contributed by atoms with van der Waals surface area (Å²) in [5.74, 6) is -0.576. The Labute approximate surface area is 120 Å². The number of nitrogen functional groups attached to an aromatic ring is 1. The molecule has 0 radical (unpaired) electrons. The normalized spacial score (nSPS) is 13.3. The Balaban J connectivity index is 2.70. The zero-order chi connectivity index (χ0) is 15.5. The summed E-state index contributed by atoms with van der Waals surface area (Å²) >= 11 is 0. The minimum absolute atomic E-state index is 0.109. The van der Waals surface area contributed by atoms with Crippen LogP contribution in [0.5, 0.6) is 0 Å². The molecule has 1 aromatic carbocycles. The second kappa shape index (κ2) is 6.22. The first-order valence-corrected chi connectivity index (χ1v) is 6.66. The maximum absolute atomic E-state index is 13.0. The zero-order valence-electron chi connectivity index (χ0n) is 12.8. The topological polar surface area (TPSA) is 58.4 Å². The predicted molar refractivity (Wildman–Crippen MR) is 81.0 cm³/mol. The average molecular weight is 281 g/mol. The van der Waals surface area contributed by atoms with E-state index in [1.807, 2.05) is 18.9 Å². The molecule has 3 N–H and O–H groups in total. The van der Waals surface area contributed by atoms with Crippen molar-refractivity contribution in [2.45, 2.75) is 33.7 Å². The highest BCUT2D eigenvalue weighted by Crippen LogP contribution is 2.20. The number of nitrogens with zero attached hydrogens (tertiary/aromatic N) is 1. The van der Waals surface area contributed by atoms with E-state index in [1.54, 1.807) is 0 Å². The Morgan fingerprint density at radius 1 is 1.45 bits per heavy atom. The molecule has 1 atom stereocenters. The van der Waals surface area contributed by atoms with Crippen LogP contribution in [0.3, 0.4) is 0 Å². The molecule has 112 valence electrons. The molecule has 0 aliphatic carbocycles. The molecule has 0 saturated heterocycles. The number of benzene rings is 1. The Kier molecular flexibility index (Phi) is 5.11. The summed E-state index contributed by atoms with van der Waals surface area (Å²) in [6.07, 6.45) is 0. The van der Waals surface area contributed by atoms with Crippen molar-refractivity contribution in [3.63, 3.8) is 0 Å². The number of nitrogens with one attached hydrogen (secondary N) is 1. The van der Waals surface area contributed by atoms with Crippen molar-refractivity contribution in [1.29, 1.82) is 0 Å². The van der Waals surface area contributed by atoms with Gasteiger partial charge in [-0.3, -0.25) is 9.69 Å². The number of halogens is 1. The lowest BCUT2D eigenvalue weighted by molar-refractivity contribution is -0.120. The van der Waals surface area contributed by atoms with E-state index in [9.17, 15) is 9.18 Å². The lowest BCUT2D eigenvalue weighted by Crippen LogP contribution is -2.43. The third kappa shape index (κ3) is 4.81. The summed E-state index contributed by atoms with van der Waals surface area (Å²) < 4.78 is 13.0. The van der Waals surface area contributed by atoms with Gasteiger partial charge in [0, 0.05) is 6.54 Å². The largest absolute Gasteiger partial charge is 0.397 e. The third-order valence-electron chi connectivity index (χ3n) is 3.04. The van der Waals surface area contributed by atoms with Gasteiger partial charge in [-0.05, 0) is 37.6 Å². The standard InChI is InChI=1S/C15H24FN3O/c1-10(19(5)9-15(2,3)4)14(20)18-13-7-6-11(16)8-12(13)17/h6-8,10H,9,17H2,1-5H3,(H,18,20). The fraction of sp³-hybridized carbons (Fsp3) is 0.533. The van der Waals surface area contributed by atoms with Gasteiger partial charge in [0.1, 0.15) is 5.82 Å². The van der Waals surface area contributed by atoms with Crippen LogP contribution in [0.25, 0.3) is 0 Å². The van der Waals surface area contributed by atoms with Crippen LogP contribution in [-0.4, -0.2) is 30.4 Å². The number of hydrogen-bond donors (Lipinski definition) is 2. The number of anilines is 2. The number of likely N-dealkylation sites (N-methyl/N-ethyl adjacent to an activating group) is 1. The van der Waals surface area contributed by atoms with E-state index in [2.05, 4.69) is 26.1 Å². The first kappa shape index (κ1) is 16.4. The first-order chi connectivity index (χ1) is 9.10. The van der Waals surface area contributed by atoms with Crippen molar-refractivity contribution in [2.24, 2.45) is 5.41 Å². The van der Waals surface area contributed by atoms with Gasteiger partial charge in [-0.15, -0.1) is 0 Å². The summed E-state index contributed by atoms with van der Waals surface area (Å²) in [6.45, 7) is 8.98. The molecular formula is C15H24FN3O. The molecule has 0 bridgehead atoms. The van der Waals surface area contributed by atoms with Crippen LogP contribution in [0.15, 0.2) is 18.2 Å². The molecule has 4 nitrogen and oxygen atoms in total. The molecule has 20 heavy (non-hydrogen) atoms. The summed E-state index contributed by atoms with van der Waals surface area (Å²) in [5, 5.41) is 2.73. The van der Waals surface area contributed by atoms with E-state index >= 15 is 0 Å². The van der Waals surface area contributed by atoms with Crippen LogP contribution >= 0.6 is 0 Å². The SMILES string of the molecule is CC(C(=O)Nc1ccc(F)cc1N)N(C)CC(C)(C)C. The van der Waals surface area contributed by atoms with Gasteiger partial charge in [0.15, 0.2) is 0 Å². The molecule has 1 aromatic rings. The minimum atomic E-state index is -0.418. The molecule has 0 fully saturated rings. The van der Waals surface area contributed by atoms with Crippen molar-refractivity contribution >= 4 is 17.3 Å². The lowest BCUT2D eigenvalue weighted by atomic mass is 9.95. The van der Waals surface area contributed by atoms with Gasteiger partial charge >= 0.3 is 0 Å². The van der Waals surface area contributed by atoms with Gasteiger partial charge in [-0.1, -0.05) is 20.8 Å².